The summed E-state index contributed by atoms with van der Waals surface area (Å²) in [7, 11) is 0. The number of unbranched alkanes of at least 4 members (excludes halogenated alkanes) is 4. The Hall–Kier alpha value is -2.10. The van der Waals surface area contributed by atoms with Gasteiger partial charge in [-0.1, -0.05) is 62.7 Å². The van der Waals surface area contributed by atoms with Crippen LogP contribution in [-0.2, 0) is 9.59 Å². The van der Waals surface area contributed by atoms with Gasteiger partial charge in [-0.3, -0.25) is 9.69 Å². The second-order valence-corrected chi connectivity index (χ2v) is 9.53. The highest BCUT2D eigenvalue weighted by molar-refractivity contribution is 8.26. The van der Waals surface area contributed by atoms with Crippen molar-refractivity contribution in [2.75, 3.05) is 13.2 Å². The van der Waals surface area contributed by atoms with Crippen LogP contribution in [0.1, 0.15) is 64.9 Å². The summed E-state index contributed by atoms with van der Waals surface area (Å²) in [4.78, 5) is 25.3. The van der Waals surface area contributed by atoms with E-state index in [0.29, 0.717) is 23.7 Å². The maximum atomic E-state index is 12.7. The van der Waals surface area contributed by atoms with Crippen molar-refractivity contribution < 1.29 is 29.3 Å². The van der Waals surface area contributed by atoms with Gasteiger partial charge in [0.15, 0.2) is 17.5 Å². The van der Waals surface area contributed by atoms with Crippen LogP contribution in [0, 0.1) is 0 Å². The van der Waals surface area contributed by atoms with Gasteiger partial charge >= 0.3 is 5.97 Å². The molecule has 0 bridgehead atoms. The summed E-state index contributed by atoms with van der Waals surface area (Å²) in [5.41, 5.74) is 0.703. The first-order chi connectivity index (χ1) is 15.8. The smallest absolute Gasteiger partial charge is 0.329 e. The number of nitrogens with zero attached hydrogens (tertiary/aromatic N) is 1. The molecule has 7 nitrogen and oxygen atoms in total. The number of thiocarbonyl (C=S) groups is 1. The second-order valence-electron chi connectivity index (χ2n) is 7.86. The Bertz CT molecular complexity index is 873. The lowest BCUT2D eigenvalue weighted by Gasteiger charge is -2.20. The largest absolute Gasteiger partial charge is 0.490 e. The Morgan fingerprint density at radius 1 is 1.21 bits per heavy atom. The molecule has 1 aromatic rings. The number of amides is 1. The van der Waals surface area contributed by atoms with Crippen LogP contribution < -0.4 is 9.47 Å². The van der Waals surface area contributed by atoms with Crippen molar-refractivity contribution in [1.29, 1.82) is 0 Å². The van der Waals surface area contributed by atoms with Crippen LogP contribution in [0.3, 0.4) is 0 Å². The van der Waals surface area contributed by atoms with Crippen LogP contribution in [0.2, 0.25) is 0 Å². The number of benzene rings is 1. The number of carbonyl (C=O) groups is 2. The van der Waals surface area contributed by atoms with Crippen molar-refractivity contribution >= 4 is 46.3 Å². The van der Waals surface area contributed by atoms with Crippen LogP contribution >= 0.6 is 24.0 Å². The zero-order valence-corrected chi connectivity index (χ0v) is 21.0. The number of ether oxygens (including phenoxy) is 2. The van der Waals surface area contributed by atoms with Crippen LogP contribution in [0.4, 0.5) is 0 Å². The quantitative estimate of drug-likeness (QED) is 0.215. The minimum absolute atomic E-state index is 0.0550. The SMILES string of the molecule is CCCCCCC[C@@H](C)Oc1ccc(/C=C2/SC(=S)N([C@H](CO)C(=O)O)C2=O)cc1OCC. The number of aliphatic hydroxyl groups is 1. The lowest BCUT2D eigenvalue weighted by molar-refractivity contribution is -0.146. The predicted octanol–water partition coefficient (Wildman–Crippen LogP) is 4.86. The summed E-state index contributed by atoms with van der Waals surface area (Å²) in [6, 6.07) is 4.03. The number of carboxylic acid groups (broad SMARTS) is 1. The van der Waals surface area contributed by atoms with E-state index in [2.05, 4.69) is 13.8 Å². The molecule has 0 aromatic heterocycles. The summed E-state index contributed by atoms with van der Waals surface area (Å²) < 4.78 is 12.0. The molecule has 0 aliphatic carbocycles. The Labute approximate surface area is 205 Å². The van der Waals surface area contributed by atoms with Crippen molar-refractivity contribution in [2.24, 2.45) is 0 Å². The van der Waals surface area contributed by atoms with Gasteiger partial charge in [-0.2, -0.15) is 0 Å². The van der Waals surface area contributed by atoms with Gasteiger partial charge in [0.05, 0.1) is 24.2 Å². The third-order valence-electron chi connectivity index (χ3n) is 5.20. The van der Waals surface area contributed by atoms with Crippen molar-refractivity contribution in [3.8, 4) is 11.5 Å². The average molecular weight is 496 g/mol. The number of rotatable bonds is 14. The van der Waals surface area contributed by atoms with E-state index in [1.54, 1.807) is 12.1 Å². The number of hydrogen-bond acceptors (Lipinski definition) is 7. The van der Waals surface area contributed by atoms with Gasteiger partial charge in [0.25, 0.3) is 5.91 Å². The second kappa shape index (κ2) is 13.6. The number of aliphatic hydroxyl groups excluding tert-OH is 1. The molecule has 2 N–H and O–H groups in total. The highest BCUT2D eigenvalue weighted by atomic mass is 32.2. The summed E-state index contributed by atoms with van der Waals surface area (Å²) in [6.07, 6.45) is 8.72. The number of carboxylic acids is 1. The molecular weight excluding hydrogens is 462 g/mol. The van der Waals surface area contributed by atoms with Crippen molar-refractivity contribution in [3.63, 3.8) is 0 Å². The molecule has 1 aliphatic rings. The zero-order valence-electron chi connectivity index (χ0n) is 19.4. The van der Waals surface area contributed by atoms with E-state index in [9.17, 15) is 19.8 Å². The van der Waals surface area contributed by atoms with E-state index in [4.69, 9.17) is 21.7 Å². The lowest BCUT2D eigenvalue weighted by Crippen LogP contribution is -2.46. The van der Waals surface area contributed by atoms with Crippen LogP contribution in [0.25, 0.3) is 6.08 Å². The van der Waals surface area contributed by atoms with Crippen LogP contribution in [-0.4, -0.2) is 56.7 Å². The Morgan fingerprint density at radius 3 is 2.58 bits per heavy atom. The number of carbonyl (C=O) groups excluding carboxylic acids is 1. The summed E-state index contributed by atoms with van der Waals surface area (Å²) in [6.45, 7) is 5.89. The molecule has 2 atom stereocenters. The van der Waals surface area contributed by atoms with E-state index >= 15 is 0 Å². The molecule has 1 saturated heterocycles. The summed E-state index contributed by atoms with van der Waals surface area (Å²) in [5, 5.41) is 18.6. The Morgan fingerprint density at radius 2 is 1.94 bits per heavy atom. The number of aliphatic carboxylic acids is 1. The zero-order chi connectivity index (χ0) is 24.4. The van der Waals surface area contributed by atoms with E-state index in [1.165, 1.54) is 25.7 Å². The molecule has 182 valence electrons. The first-order valence-electron chi connectivity index (χ1n) is 11.4. The van der Waals surface area contributed by atoms with E-state index in [1.807, 2.05) is 19.1 Å². The summed E-state index contributed by atoms with van der Waals surface area (Å²) >= 11 is 6.18. The third kappa shape index (κ3) is 7.72. The first-order valence-corrected chi connectivity index (χ1v) is 12.6. The van der Waals surface area contributed by atoms with E-state index < -0.39 is 24.5 Å². The molecule has 0 saturated carbocycles. The van der Waals surface area contributed by atoms with Gasteiger partial charge in [0.1, 0.15) is 4.32 Å². The van der Waals surface area contributed by atoms with E-state index in [0.717, 1.165) is 29.5 Å². The monoisotopic (exact) mass is 495 g/mol. The molecule has 1 heterocycles. The normalized spacial score (nSPS) is 16.8. The van der Waals surface area contributed by atoms with Crippen molar-refractivity contribution in [2.45, 2.75) is 71.4 Å². The molecular formula is C24H33NO6S2. The van der Waals surface area contributed by atoms with Gasteiger partial charge in [0.2, 0.25) is 0 Å². The molecule has 2 rings (SSSR count). The molecule has 33 heavy (non-hydrogen) atoms. The molecule has 0 spiro atoms. The highest BCUT2D eigenvalue weighted by Crippen LogP contribution is 2.36. The number of thioether (sulfide) groups is 1. The highest BCUT2D eigenvalue weighted by Gasteiger charge is 2.40. The van der Waals surface area contributed by atoms with Gasteiger partial charge < -0.3 is 19.7 Å². The predicted molar refractivity (Wildman–Crippen MR) is 135 cm³/mol. The molecule has 1 amide bonds. The maximum Gasteiger partial charge on any atom is 0.329 e. The molecule has 1 fully saturated rings. The molecule has 1 aliphatic heterocycles. The minimum Gasteiger partial charge on any atom is -0.490 e. The van der Waals surface area contributed by atoms with Gasteiger partial charge in [-0.15, -0.1) is 0 Å². The Kier molecular flexibility index (Phi) is 11.2. The minimum atomic E-state index is -1.40. The first kappa shape index (κ1) is 27.1. The van der Waals surface area contributed by atoms with Crippen molar-refractivity contribution in [3.05, 3.63) is 28.7 Å². The molecule has 1 aromatic carbocycles. The molecule has 9 heteroatoms. The fourth-order valence-electron chi connectivity index (χ4n) is 3.46. The van der Waals surface area contributed by atoms with Gasteiger partial charge in [-0.05, 0) is 50.5 Å². The fourth-order valence-corrected chi connectivity index (χ4v) is 4.82. The van der Waals surface area contributed by atoms with Crippen LogP contribution in [0.15, 0.2) is 23.1 Å². The number of hydrogen-bond donors (Lipinski definition) is 2. The standard InChI is InChI=1S/C24H33NO6S2/c1-4-6-7-8-9-10-16(3)31-19-12-11-17(13-20(19)30-5-2)14-21-22(27)25(24(32)33-21)18(15-26)23(28)29/h11-14,16,18,26H,4-10,15H2,1-3H3,(H,28,29)/b21-14+/t16-,18-/m1/s1. The lowest BCUT2D eigenvalue weighted by atomic mass is 10.1. The topological polar surface area (TPSA) is 96.3 Å². The van der Waals surface area contributed by atoms with Crippen LogP contribution in [0.5, 0.6) is 11.5 Å². The fraction of sp³-hybridized carbons (Fsp3) is 0.542. The third-order valence-corrected chi connectivity index (χ3v) is 6.53. The molecule has 0 radical (unpaired) electrons. The van der Waals surface area contributed by atoms with Gasteiger partial charge in [0, 0.05) is 0 Å². The maximum absolute atomic E-state index is 12.7. The van der Waals surface area contributed by atoms with Crippen molar-refractivity contribution in [1.82, 2.24) is 4.90 Å². The average Bonchev–Trinajstić information content (AvgIpc) is 3.03. The summed E-state index contributed by atoms with van der Waals surface area (Å²) in [5.74, 6) is -0.622. The molecule has 0 unspecified atom stereocenters. The Balaban J connectivity index is 2.13. The van der Waals surface area contributed by atoms with E-state index in [-0.39, 0.29) is 15.3 Å². The van der Waals surface area contributed by atoms with Gasteiger partial charge in [-0.25, -0.2) is 4.79 Å².